The van der Waals surface area contributed by atoms with Crippen LogP contribution >= 0.6 is 11.3 Å². The number of ether oxygens (including phenoxy) is 1. The Balaban J connectivity index is 1.25. The smallest absolute Gasteiger partial charge is 0.410 e. The lowest BCUT2D eigenvalue weighted by Crippen LogP contribution is -2.42. The number of carbonyl (C=O) groups is 1. The lowest BCUT2D eigenvalue weighted by Gasteiger charge is -2.31. The van der Waals surface area contributed by atoms with E-state index in [-0.39, 0.29) is 24.2 Å². The van der Waals surface area contributed by atoms with Crippen molar-refractivity contribution in [1.82, 2.24) is 29.9 Å². The minimum Gasteiger partial charge on any atom is -0.444 e. The maximum absolute atomic E-state index is 13.1. The highest BCUT2D eigenvalue weighted by molar-refractivity contribution is 7.16. The van der Waals surface area contributed by atoms with E-state index in [2.05, 4.69) is 46.8 Å². The van der Waals surface area contributed by atoms with Gasteiger partial charge in [-0.25, -0.2) is 9.78 Å². The molecule has 0 aromatic carbocycles. The van der Waals surface area contributed by atoms with E-state index in [1.54, 1.807) is 0 Å². The average molecular weight is 675 g/mol. The third-order valence-corrected chi connectivity index (χ3v) is 11.5. The molecule has 6 heterocycles. The number of hydrogen-bond donors (Lipinski definition) is 1. The number of hydrogen-bond acceptors (Lipinski definition) is 13. The number of rotatable bonds is 4. The van der Waals surface area contributed by atoms with E-state index in [9.17, 15) is 10.1 Å². The molecular weight excluding hydrogens is 629 g/mol. The van der Waals surface area contributed by atoms with E-state index in [0.29, 0.717) is 40.5 Å². The van der Waals surface area contributed by atoms with Crippen LogP contribution in [0.3, 0.4) is 0 Å². The number of nitriles is 1. The molecule has 7 rings (SSSR count). The number of nitrogen functional groups attached to an aromatic ring is 1. The topological polar surface area (TPSA) is 154 Å². The van der Waals surface area contributed by atoms with Gasteiger partial charge in [0.2, 0.25) is 17.7 Å². The molecule has 4 aliphatic rings. The number of nitrogens with two attached hydrogens (primary N) is 1. The summed E-state index contributed by atoms with van der Waals surface area (Å²) < 4.78 is 11.8. The van der Waals surface area contributed by atoms with Gasteiger partial charge < -0.3 is 34.6 Å². The van der Waals surface area contributed by atoms with Crippen molar-refractivity contribution in [3.05, 3.63) is 28.0 Å². The Morgan fingerprint density at radius 3 is 2.69 bits per heavy atom. The van der Waals surface area contributed by atoms with Crippen LogP contribution in [0.25, 0.3) is 11.5 Å². The summed E-state index contributed by atoms with van der Waals surface area (Å²) in [5.74, 6) is 2.30. The zero-order valence-corrected chi connectivity index (χ0v) is 29.6. The van der Waals surface area contributed by atoms with E-state index in [0.717, 1.165) is 81.0 Å². The Morgan fingerprint density at radius 2 is 1.92 bits per heavy atom. The number of anilines is 3. The third kappa shape index (κ3) is 5.74. The van der Waals surface area contributed by atoms with Crippen molar-refractivity contribution in [2.75, 3.05) is 55.3 Å². The predicted molar refractivity (Wildman–Crippen MR) is 184 cm³/mol. The fourth-order valence-corrected chi connectivity index (χ4v) is 9.35. The first-order valence-electron chi connectivity index (χ1n) is 17.1. The third-order valence-electron chi connectivity index (χ3n) is 10.4. The van der Waals surface area contributed by atoms with Crippen LogP contribution in [0, 0.1) is 11.3 Å². The molecule has 4 atom stereocenters. The summed E-state index contributed by atoms with van der Waals surface area (Å²) in [7, 11) is 2.15. The van der Waals surface area contributed by atoms with E-state index in [4.69, 9.17) is 29.9 Å². The summed E-state index contributed by atoms with van der Waals surface area (Å²) in [4.78, 5) is 38.3. The Morgan fingerprint density at radius 1 is 1.12 bits per heavy atom. The van der Waals surface area contributed by atoms with Crippen LogP contribution in [0.5, 0.6) is 0 Å². The van der Waals surface area contributed by atoms with E-state index in [1.165, 1.54) is 11.3 Å². The highest BCUT2D eigenvalue weighted by Gasteiger charge is 2.47. The van der Waals surface area contributed by atoms with Gasteiger partial charge in [0.15, 0.2) is 0 Å². The number of thiophene rings is 1. The van der Waals surface area contributed by atoms with Crippen molar-refractivity contribution in [2.24, 2.45) is 0 Å². The van der Waals surface area contributed by atoms with Crippen LogP contribution in [-0.4, -0.2) is 99.5 Å². The van der Waals surface area contributed by atoms with Crippen LogP contribution in [0.2, 0.25) is 0 Å². The van der Waals surface area contributed by atoms with Crippen molar-refractivity contribution in [2.45, 2.75) is 102 Å². The summed E-state index contributed by atoms with van der Waals surface area (Å²) in [6.07, 6.45) is 5.01. The molecule has 13 nitrogen and oxygen atoms in total. The highest BCUT2D eigenvalue weighted by Crippen LogP contribution is 2.48. The van der Waals surface area contributed by atoms with Crippen molar-refractivity contribution >= 4 is 34.2 Å². The van der Waals surface area contributed by atoms with Crippen molar-refractivity contribution in [1.29, 1.82) is 5.26 Å². The molecule has 3 fully saturated rings. The Labute approximate surface area is 286 Å². The van der Waals surface area contributed by atoms with Crippen molar-refractivity contribution in [3.8, 4) is 17.6 Å². The fraction of sp³-hybridized carbons (Fsp3) is 0.647. The normalized spacial score (nSPS) is 26.3. The summed E-state index contributed by atoms with van der Waals surface area (Å²) >= 11 is 1.49. The first-order chi connectivity index (χ1) is 22.9. The molecular formula is C34H46N10O3S. The number of nitrogens with zero attached hydrogens (tertiary/aromatic N) is 9. The van der Waals surface area contributed by atoms with Crippen molar-refractivity contribution < 1.29 is 14.1 Å². The second-order valence-electron chi connectivity index (χ2n) is 15.0. The first kappa shape index (κ1) is 32.6. The molecule has 256 valence electrons. The second kappa shape index (κ2) is 12.2. The monoisotopic (exact) mass is 674 g/mol. The largest absolute Gasteiger partial charge is 0.444 e. The molecule has 3 saturated heterocycles. The van der Waals surface area contributed by atoms with Gasteiger partial charge in [-0.2, -0.15) is 15.2 Å². The number of amides is 1. The number of aromatic nitrogens is 4. The molecule has 2 unspecified atom stereocenters. The molecule has 14 heteroatoms. The van der Waals surface area contributed by atoms with Gasteiger partial charge in [-0.05, 0) is 86.7 Å². The van der Waals surface area contributed by atoms with E-state index >= 15 is 0 Å². The molecule has 3 aliphatic heterocycles. The minimum absolute atomic E-state index is 0.0528. The molecule has 3 aromatic rings. The number of likely N-dealkylation sites (N-methyl/N-ethyl adjacent to an activating group) is 1. The quantitative estimate of drug-likeness (QED) is 0.404. The zero-order valence-electron chi connectivity index (χ0n) is 28.8. The van der Waals surface area contributed by atoms with Crippen LogP contribution in [-0.2, 0) is 16.6 Å². The van der Waals surface area contributed by atoms with Crippen LogP contribution in [0.4, 0.5) is 21.6 Å². The van der Waals surface area contributed by atoms with Gasteiger partial charge in [-0.15, -0.1) is 11.3 Å². The average Bonchev–Trinajstić information content (AvgIpc) is 3.80. The molecule has 0 radical (unpaired) electrons. The zero-order chi connectivity index (χ0) is 34.0. The van der Waals surface area contributed by atoms with Gasteiger partial charge >= 0.3 is 6.09 Å². The van der Waals surface area contributed by atoms with E-state index in [1.807, 2.05) is 31.7 Å². The number of carbonyl (C=O) groups excluding carboxylic acids is 1. The lowest BCUT2D eigenvalue weighted by atomic mass is 9.72. The summed E-state index contributed by atoms with van der Waals surface area (Å²) in [6.45, 7) is 14.2. The Bertz CT molecular complexity index is 1740. The standard InChI is InChI=1S/C34H46N10O3S/c1-20-19-41(6)13-8-14-42(20)31-37-22(17-26(38-31)43-15-10-24-23(43)11-16-44(24)32(45)46-33(2,3)4)29-39-30(47-40-29)34(5)12-7-9-25-27(34)21(18-35)28(36)48-25/h17,20,23-24H,7-16,19,36H2,1-6H3/t20-,23?,24?,34-/m0/s1. The van der Waals surface area contributed by atoms with Gasteiger partial charge in [-0.1, -0.05) is 5.16 Å². The Hall–Kier alpha value is -3.96. The molecule has 0 saturated carbocycles. The lowest BCUT2D eigenvalue weighted by molar-refractivity contribution is 0.0228. The fourth-order valence-electron chi connectivity index (χ4n) is 8.16. The number of aryl methyl sites for hydroxylation is 1. The second-order valence-corrected chi connectivity index (χ2v) is 16.1. The van der Waals surface area contributed by atoms with Gasteiger partial charge in [0, 0.05) is 48.7 Å². The molecule has 0 bridgehead atoms. The number of likely N-dealkylation sites (tertiary alicyclic amines) is 1. The van der Waals surface area contributed by atoms with Crippen LogP contribution in [0.15, 0.2) is 10.6 Å². The maximum Gasteiger partial charge on any atom is 0.410 e. The maximum atomic E-state index is 13.1. The molecule has 2 N–H and O–H groups in total. The highest BCUT2D eigenvalue weighted by atomic mass is 32.1. The van der Waals surface area contributed by atoms with Crippen LogP contribution in [0.1, 0.15) is 88.6 Å². The molecule has 1 aliphatic carbocycles. The molecule has 1 amide bonds. The predicted octanol–water partition coefficient (Wildman–Crippen LogP) is 4.80. The van der Waals surface area contributed by atoms with E-state index < -0.39 is 11.0 Å². The van der Waals surface area contributed by atoms with Crippen molar-refractivity contribution in [3.63, 3.8) is 0 Å². The number of fused-ring (bicyclic) bond motifs is 2. The SMILES string of the molecule is C[C@H]1CN(C)CCCN1c1nc(-c2noc([C@@]3(C)CCCc4sc(N)c(C#N)c43)n2)cc(N2CCC3C2CCN3C(=O)OC(C)(C)C)n1. The summed E-state index contributed by atoms with van der Waals surface area (Å²) in [5, 5.41) is 15.0. The van der Waals surface area contributed by atoms with Gasteiger partial charge in [0.1, 0.15) is 28.2 Å². The Kier molecular flexibility index (Phi) is 8.26. The van der Waals surface area contributed by atoms with Gasteiger partial charge in [0.25, 0.3) is 0 Å². The van der Waals surface area contributed by atoms with Gasteiger partial charge in [0.05, 0.1) is 23.1 Å². The minimum atomic E-state index is -0.627. The molecule has 48 heavy (non-hydrogen) atoms. The summed E-state index contributed by atoms with van der Waals surface area (Å²) in [5.41, 5.74) is 7.13. The first-order valence-corrected chi connectivity index (χ1v) is 17.9. The van der Waals surface area contributed by atoms with Gasteiger partial charge in [-0.3, -0.25) is 0 Å². The molecule has 0 spiro atoms. The summed E-state index contributed by atoms with van der Waals surface area (Å²) in [6, 6.07) is 4.67. The van der Waals surface area contributed by atoms with Crippen LogP contribution < -0.4 is 15.5 Å². The molecule has 3 aromatic heterocycles.